The standard InChI is InChI=1S/C12H13BrN2O4/c13-6-1-2-7(11(14)16)9(3-6)15-10-5-19-4-8(10)12(17)18/h1-3,8,10,15H,4-5H2,(H2,14,16)(H,17,18). The molecule has 1 aliphatic rings. The van der Waals surface area contributed by atoms with E-state index < -0.39 is 17.8 Å². The molecule has 1 heterocycles. The maximum atomic E-state index is 11.3. The molecule has 0 bridgehead atoms. The number of hydrogen-bond donors (Lipinski definition) is 3. The van der Waals surface area contributed by atoms with Crippen LogP contribution in [0.3, 0.4) is 0 Å². The maximum absolute atomic E-state index is 11.3. The largest absolute Gasteiger partial charge is 0.481 e. The highest BCUT2D eigenvalue weighted by Crippen LogP contribution is 2.25. The number of benzene rings is 1. The third-order valence-electron chi connectivity index (χ3n) is 2.99. The lowest BCUT2D eigenvalue weighted by atomic mass is 10.0. The summed E-state index contributed by atoms with van der Waals surface area (Å²) >= 11 is 3.30. The van der Waals surface area contributed by atoms with Gasteiger partial charge in [0.15, 0.2) is 0 Å². The van der Waals surface area contributed by atoms with Gasteiger partial charge in [-0.15, -0.1) is 0 Å². The predicted molar refractivity (Wildman–Crippen MR) is 72.0 cm³/mol. The van der Waals surface area contributed by atoms with Crippen LogP contribution in [-0.4, -0.2) is 36.2 Å². The number of hydrogen-bond acceptors (Lipinski definition) is 4. The molecule has 0 aliphatic carbocycles. The van der Waals surface area contributed by atoms with Crippen molar-refractivity contribution in [3.05, 3.63) is 28.2 Å². The van der Waals surface area contributed by atoms with Crippen molar-refractivity contribution >= 4 is 33.5 Å². The first-order valence-electron chi connectivity index (χ1n) is 5.65. The van der Waals surface area contributed by atoms with Crippen LogP contribution in [0.15, 0.2) is 22.7 Å². The molecule has 19 heavy (non-hydrogen) atoms. The summed E-state index contributed by atoms with van der Waals surface area (Å²) in [5.74, 6) is -2.13. The Morgan fingerprint density at radius 3 is 2.79 bits per heavy atom. The highest BCUT2D eigenvalue weighted by atomic mass is 79.9. The number of ether oxygens (including phenoxy) is 1. The first-order valence-corrected chi connectivity index (χ1v) is 6.45. The van der Waals surface area contributed by atoms with Crippen LogP contribution < -0.4 is 11.1 Å². The average Bonchev–Trinajstić information content (AvgIpc) is 2.76. The van der Waals surface area contributed by atoms with Gasteiger partial charge >= 0.3 is 5.97 Å². The van der Waals surface area contributed by atoms with Crippen LogP contribution in [0.25, 0.3) is 0 Å². The van der Waals surface area contributed by atoms with E-state index in [0.717, 1.165) is 4.47 Å². The lowest BCUT2D eigenvalue weighted by Crippen LogP contribution is -2.34. The van der Waals surface area contributed by atoms with Gasteiger partial charge in [0.1, 0.15) is 5.92 Å². The third-order valence-corrected chi connectivity index (χ3v) is 3.48. The second-order valence-corrected chi connectivity index (χ2v) is 5.20. The van der Waals surface area contributed by atoms with E-state index in [1.165, 1.54) is 0 Å². The minimum absolute atomic E-state index is 0.160. The Morgan fingerprint density at radius 1 is 1.42 bits per heavy atom. The van der Waals surface area contributed by atoms with Crippen LogP contribution in [-0.2, 0) is 9.53 Å². The first-order chi connectivity index (χ1) is 8.99. The van der Waals surface area contributed by atoms with Gasteiger partial charge in [-0.2, -0.15) is 0 Å². The van der Waals surface area contributed by atoms with Crippen molar-refractivity contribution in [1.29, 1.82) is 0 Å². The summed E-state index contributed by atoms with van der Waals surface area (Å²) in [5, 5.41) is 12.1. The van der Waals surface area contributed by atoms with Gasteiger partial charge < -0.3 is 20.9 Å². The summed E-state index contributed by atoms with van der Waals surface area (Å²) in [5.41, 5.74) is 6.11. The number of carbonyl (C=O) groups excluding carboxylic acids is 1. The lowest BCUT2D eigenvalue weighted by Gasteiger charge is -2.19. The fourth-order valence-electron chi connectivity index (χ4n) is 1.99. The quantitative estimate of drug-likeness (QED) is 0.767. The third kappa shape index (κ3) is 3.05. The summed E-state index contributed by atoms with van der Waals surface area (Å²) in [6, 6.07) is 4.59. The molecule has 1 fully saturated rings. The number of amides is 1. The fraction of sp³-hybridized carbons (Fsp3) is 0.333. The zero-order chi connectivity index (χ0) is 14.0. The van der Waals surface area contributed by atoms with Crippen molar-refractivity contribution in [2.75, 3.05) is 18.5 Å². The number of nitrogens with one attached hydrogen (secondary N) is 1. The minimum atomic E-state index is -0.925. The molecule has 0 aromatic heterocycles. The second kappa shape index (κ2) is 5.58. The lowest BCUT2D eigenvalue weighted by molar-refractivity contribution is -0.141. The van der Waals surface area contributed by atoms with Gasteiger partial charge in [0.05, 0.1) is 24.8 Å². The Kier molecular flexibility index (Phi) is 4.06. The van der Waals surface area contributed by atoms with Crippen LogP contribution >= 0.6 is 15.9 Å². The summed E-state index contributed by atoms with van der Waals surface area (Å²) in [6.45, 7) is 0.439. The van der Waals surface area contributed by atoms with E-state index in [2.05, 4.69) is 21.2 Å². The van der Waals surface area contributed by atoms with Crippen molar-refractivity contribution in [1.82, 2.24) is 0 Å². The van der Waals surface area contributed by atoms with Gasteiger partial charge in [0.2, 0.25) is 0 Å². The van der Waals surface area contributed by atoms with E-state index in [1.54, 1.807) is 18.2 Å². The number of carboxylic acid groups (broad SMARTS) is 1. The predicted octanol–water partition coefficient (Wildman–Crippen LogP) is 1.06. The number of anilines is 1. The molecule has 1 saturated heterocycles. The van der Waals surface area contributed by atoms with Gasteiger partial charge in [-0.05, 0) is 18.2 Å². The van der Waals surface area contributed by atoms with E-state index in [1.807, 2.05) is 0 Å². The normalized spacial score (nSPS) is 22.2. The molecule has 102 valence electrons. The second-order valence-electron chi connectivity index (χ2n) is 4.29. The number of carbonyl (C=O) groups is 2. The van der Waals surface area contributed by atoms with Gasteiger partial charge in [-0.25, -0.2) is 0 Å². The number of rotatable bonds is 4. The first kappa shape index (κ1) is 13.8. The van der Waals surface area contributed by atoms with Crippen molar-refractivity contribution in [3.63, 3.8) is 0 Å². The summed E-state index contributed by atoms with van der Waals surface area (Å²) in [4.78, 5) is 22.4. The number of nitrogens with two attached hydrogens (primary N) is 1. The van der Waals surface area contributed by atoms with Crippen molar-refractivity contribution in [2.24, 2.45) is 11.7 Å². The highest BCUT2D eigenvalue weighted by molar-refractivity contribution is 9.10. The van der Waals surface area contributed by atoms with Crippen LogP contribution in [0.4, 0.5) is 5.69 Å². The van der Waals surface area contributed by atoms with Crippen LogP contribution in [0, 0.1) is 5.92 Å². The summed E-state index contributed by atoms with van der Waals surface area (Å²) < 4.78 is 5.93. The Bertz CT molecular complexity index is 520. The molecule has 2 unspecified atom stereocenters. The summed E-state index contributed by atoms with van der Waals surface area (Å²) in [6.07, 6.45) is 0. The number of aliphatic carboxylic acids is 1. The van der Waals surface area contributed by atoms with Crippen LogP contribution in [0.1, 0.15) is 10.4 Å². The monoisotopic (exact) mass is 328 g/mol. The molecular weight excluding hydrogens is 316 g/mol. The number of carboxylic acids is 1. The molecule has 1 amide bonds. The molecule has 1 aliphatic heterocycles. The molecule has 2 atom stereocenters. The Balaban J connectivity index is 2.25. The van der Waals surface area contributed by atoms with E-state index in [0.29, 0.717) is 11.3 Å². The Morgan fingerprint density at radius 2 is 2.16 bits per heavy atom. The molecule has 4 N–H and O–H groups in total. The Labute approximate surface area is 118 Å². The van der Waals surface area contributed by atoms with Gasteiger partial charge in [0.25, 0.3) is 5.91 Å². The summed E-state index contributed by atoms with van der Waals surface area (Å²) in [7, 11) is 0. The van der Waals surface area contributed by atoms with Crippen molar-refractivity contribution < 1.29 is 19.4 Å². The topological polar surface area (TPSA) is 102 Å². The van der Waals surface area contributed by atoms with E-state index in [9.17, 15) is 9.59 Å². The van der Waals surface area contributed by atoms with Crippen molar-refractivity contribution in [3.8, 4) is 0 Å². The molecular formula is C12H13BrN2O4. The zero-order valence-corrected chi connectivity index (χ0v) is 11.5. The smallest absolute Gasteiger partial charge is 0.311 e. The molecule has 2 rings (SSSR count). The van der Waals surface area contributed by atoms with Crippen molar-refractivity contribution in [2.45, 2.75) is 6.04 Å². The molecule has 7 heteroatoms. The Hall–Kier alpha value is -1.60. The van der Waals surface area contributed by atoms with Gasteiger partial charge in [-0.3, -0.25) is 9.59 Å². The number of halogens is 1. The molecule has 0 spiro atoms. The van der Waals surface area contributed by atoms with E-state index >= 15 is 0 Å². The molecule has 0 saturated carbocycles. The molecule has 1 aromatic rings. The number of primary amides is 1. The fourth-order valence-corrected chi connectivity index (χ4v) is 2.35. The van der Waals surface area contributed by atoms with Gasteiger partial charge in [-0.1, -0.05) is 15.9 Å². The van der Waals surface area contributed by atoms with E-state index in [4.69, 9.17) is 15.6 Å². The average molecular weight is 329 g/mol. The molecule has 6 nitrogen and oxygen atoms in total. The molecule has 1 aromatic carbocycles. The SMILES string of the molecule is NC(=O)c1ccc(Br)cc1NC1COCC1C(=O)O. The zero-order valence-electron chi connectivity index (χ0n) is 9.93. The molecule has 0 radical (unpaired) electrons. The maximum Gasteiger partial charge on any atom is 0.311 e. The van der Waals surface area contributed by atoms with Gasteiger partial charge in [0, 0.05) is 10.2 Å². The van der Waals surface area contributed by atoms with Crippen LogP contribution in [0.5, 0.6) is 0 Å². The highest BCUT2D eigenvalue weighted by Gasteiger charge is 2.34. The minimum Gasteiger partial charge on any atom is -0.481 e. The van der Waals surface area contributed by atoms with Crippen LogP contribution in [0.2, 0.25) is 0 Å². The van der Waals surface area contributed by atoms with E-state index in [-0.39, 0.29) is 19.3 Å².